The van der Waals surface area contributed by atoms with Crippen LogP contribution in [0, 0.1) is 0 Å². The fourth-order valence-corrected chi connectivity index (χ4v) is 7.89. The van der Waals surface area contributed by atoms with E-state index in [1.54, 1.807) is 0 Å². The van der Waals surface area contributed by atoms with Crippen LogP contribution in [0.2, 0.25) is 0 Å². The number of hydrogen-bond acceptors (Lipinski definition) is 4. The minimum Gasteiger partial charge on any atom is -0.436 e. The molecule has 1 aliphatic heterocycles. The zero-order valence-corrected chi connectivity index (χ0v) is 27.8. The summed E-state index contributed by atoms with van der Waals surface area (Å²) in [4.78, 5) is 9.80. The lowest BCUT2D eigenvalue weighted by atomic mass is 9.90. The Morgan fingerprint density at radius 2 is 1.27 bits per heavy atom. The van der Waals surface area contributed by atoms with Crippen LogP contribution in [0.25, 0.3) is 44.5 Å². The highest BCUT2D eigenvalue weighted by Crippen LogP contribution is 2.49. The van der Waals surface area contributed by atoms with Crippen LogP contribution in [0.1, 0.15) is 11.5 Å². The van der Waals surface area contributed by atoms with Gasteiger partial charge in [-0.05, 0) is 101 Å². The Morgan fingerprint density at radius 3 is 2.08 bits per heavy atom. The van der Waals surface area contributed by atoms with Crippen molar-refractivity contribution in [3.8, 4) is 22.6 Å². The van der Waals surface area contributed by atoms with Crippen LogP contribution in [-0.2, 0) is 0 Å². The van der Waals surface area contributed by atoms with Gasteiger partial charge in [0.2, 0.25) is 5.89 Å². The highest BCUT2D eigenvalue weighted by atomic mass is 16.3. The van der Waals surface area contributed by atoms with Gasteiger partial charge in [-0.1, -0.05) is 109 Å². The van der Waals surface area contributed by atoms with Gasteiger partial charge in [0.15, 0.2) is 5.58 Å². The molecule has 7 aromatic carbocycles. The maximum absolute atomic E-state index is 6.20. The van der Waals surface area contributed by atoms with Crippen molar-refractivity contribution < 1.29 is 4.42 Å². The third-order valence-electron chi connectivity index (χ3n) is 10.2. The van der Waals surface area contributed by atoms with Gasteiger partial charge in [0.25, 0.3) is 0 Å². The summed E-state index contributed by atoms with van der Waals surface area (Å²) in [5.41, 5.74) is 12.2. The second-order valence-electron chi connectivity index (χ2n) is 13.1. The molecule has 0 amide bonds. The zero-order chi connectivity index (χ0) is 33.7. The van der Waals surface area contributed by atoms with Crippen LogP contribution in [0.4, 0.5) is 22.7 Å². The van der Waals surface area contributed by atoms with Crippen molar-refractivity contribution in [2.45, 2.75) is 12.0 Å². The molecule has 0 fully saturated rings. The van der Waals surface area contributed by atoms with Gasteiger partial charge < -0.3 is 14.2 Å². The lowest BCUT2D eigenvalue weighted by molar-refractivity contribution is 0.620. The summed E-state index contributed by atoms with van der Waals surface area (Å²) in [7, 11) is 0. The van der Waals surface area contributed by atoms with Crippen LogP contribution in [0.5, 0.6) is 0 Å². The molecule has 2 unspecified atom stereocenters. The number of allylic oxidation sites excluding steroid dienone is 1. The van der Waals surface area contributed by atoms with Crippen molar-refractivity contribution in [1.29, 1.82) is 0 Å². The molecule has 2 atom stereocenters. The molecule has 0 saturated heterocycles. The molecule has 1 aliphatic carbocycles. The molecule has 2 heterocycles. The molecule has 51 heavy (non-hydrogen) atoms. The Hall–Kier alpha value is -6.65. The van der Waals surface area contributed by atoms with E-state index in [0.717, 1.165) is 50.1 Å². The maximum atomic E-state index is 6.20. The standard InChI is InChI=1S/C47H33N3O/c1-4-13-33(14-5-1)47-48-46-42-21-12-20-38(39(42)29-30-45(46)51-47)32-23-25-36(26-24-32)49(34-15-6-2-7-16-34)37-27-28-41-40-19-10-11-22-43(40)50(44(41)31-37)35-17-8-3-9-18-35/h1-31,41,44H. The molecule has 8 aromatic rings. The van der Waals surface area contributed by atoms with Crippen molar-refractivity contribution in [2.24, 2.45) is 0 Å². The normalized spacial score (nSPS) is 16.2. The zero-order valence-electron chi connectivity index (χ0n) is 27.8. The maximum Gasteiger partial charge on any atom is 0.227 e. The second kappa shape index (κ2) is 12.0. The quantitative estimate of drug-likeness (QED) is 0.178. The summed E-state index contributed by atoms with van der Waals surface area (Å²) >= 11 is 0. The van der Waals surface area contributed by atoms with Gasteiger partial charge >= 0.3 is 0 Å². The monoisotopic (exact) mass is 655 g/mol. The molecule has 0 radical (unpaired) electrons. The Bertz CT molecular complexity index is 2590. The van der Waals surface area contributed by atoms with Crippen molar-refractivity contribution >= 4 is 44.6 Å². The van der Waals surface area contributed by atoms with Crippen molar-refractivity contribution in [3.63, 3.8) is 0 Å². The van der Waals surface area contributed by atoms with E-state index in [2.05, 4.69) is 161 Å². The summed E-state index contributed by atoms with van der Waals surface area (Å²) in [6, 6.07) is 60.1. The molecular formula is C47H33N3O. The number of rotatable bonds is 6. The number of anilines is 4. The van der Waals surface area contributed by atoms with Gasteiger partial charge in [-0.25, -0.2) is 4.98 Å². The minimum atomic E-state index is 0.154. The molecule has 1 aromatic heterocycles. The van der Waals surface area contributed by atoms with Gasteiger partial charge in [0, 0.05) is 45.3 Å². The predicted octanol–water partition coefficient (Wildman–Crippen LogP) is 12.2. The van der Waals surface area contributed by atoms with E-state index >= 15 is 0 Å². The molecule has 2 aliphatic rings. The summed E-state index contributed by atoms with van der Waals surface area (Å²) in [5.74, 6) is 0.913. The predicted molar refractivity (Wildman–Crippen MR) is 210 cm³/mol. The number of nitrogens with zero attached hydrogens (tertiary/aromatic N) is 3. The molecule has 0 N–H and O–H groups in total. The van der Waals surface area contributed by atoms with Crippen molar-refractivity contribution in [1.82, 2.24) is 4.98 Å². The highest BCUT2D eigenvalue weighted by molar-refractivity contribution is 6.09. The number of hydrogen-bond donors (Lipinski definition) is 0. The molecule has 4 nitrogen and oxygen atoms in total. The van der Waals surface area contributed by atoms with Gasteiger partial charge in [-0.3, -0.25) is 0 Å². The topological polar surface area (TPSA) is 32.5 Å². The Labute approximate surface area is 296 Å². The molecule has 0 bridgehead atoms. The Kier molecular flexibility index (Phi) is 6.91. The van der Waals surface area contributed by atoms with E-state index in [-0.39, 0.29) is 12.0 Å². The minimum absolute atomic E-state index is 0.154. The number of para-hydroxylation sites is 3. The summed E-state index contributed by atoms with van der Waals surface area (Å²) in [5, 5.41) is 2.23. The summed E-state index contributed by atoms with van der Waals surface area (Å²) in [6.45, 7) is 0. The van der Waals surface area contributed by atoms with Crippen LogP contribution in [-0.4, -0.2) is 11.0 Å². The molecular weight excluding hydrogens is 623 g/mol. The first-order valence-corrected chi connectivity index (χ1v) is 17.5. The second-order valence-corrected chi connectivity index (χ2v) is 13.1. The lowest BCUT2D eigenvalue weighted by Gasteiger charge is -2.34. The first-order valence-electron chi connectivity index (χ1n) is 17.5. The first-order chi connectivity index (χ1) is 25.3. The SMILES string of the molecule is C1=CC2c3ccccc3N(c3ccccc3)C2C=C1N(c1ccccc1)c1ccc(-c2cccc3c2ccc2oc(-c4ccccc4)nc23)cc1. The van der Waals surface area contributed by atoms with E-state index in [1.165, 1.54) is 22.5 Å². The Balaban J connectivity index is 1.04. The van der Waals surface area contributed by atoms with E-state index in [0.29, 0.717) is 5.89 Å². The smallest absolute Gasteiger partial charge is 0.227 e. The van der Waals surface area contributed by atoms with Gasteiger partial charge in [0.05, 0.1) is 6.04 Å². The summed E-state index contributed by atoms with van der Waals surface area (Å²) in [6.07, 6.45) is 7.12. The average Bonchev–Trinajstić information content (AvgIpc) is 3.79. The van der Waals surface area contributed by atoms with Crippen molar-refractivity contribution in [3.05, 3.63) is 199 Å². The van der Waals surface area contributed by atoms with Gasteiger partial charge in [0.1, 0.15) is 5.52 Å². The number of benzene rings is 7. The third-order valence-corrected chi connectivity index (χ3v) is 10.2. The number of oxazole rings is 1. The largest absolute Gasteiger partial charge is 0.436 e. The average molecular weight is 656 g/mol. The molecule has 242 valence electrons. The number of aromatic nitrogens is 1. The lowest BCUT2D eigenvalue weighted by Crippen LogP contribution is -2.31. The molecule has 4 heteroatoms. The van der Waals surface area contributed by atoms with E-state index < -0.39 is 0 Å². The first kappa shape index (κ1) is 29.3. The third kappa shape index (κ3) is 4.95. The number of fused-ring (bicyclic) bond motifs is 6. The van der Waals surface area contributed by atoms with E-state index in [9.17, 15) is 0 Å². The van der Waals surface area contributed by atoms with Crippen LogP contribution in [0.15, 0.2) is 198 Å². The fourth-order valence-electron chi connectivity index (χ4n) is 7.89. The van der Waals surface area contributed by atoms with Gasteiger partial charge in [-0.15, -0.1) is 0 Å². The highest BCUT2D eigenvalue weighted by Gasteiger charge is 2.38. The van der Waals surface area contributed by atoms with Crippen molar-refractivity contribution in [2.75, 3.05) is 9.80 Å². The molecule has 0 saturated carbocycles. The van der Waals surface area contributed by atoms with E-state index in [4.69, 9.17) is 9.40 Å². The molecule has 10 rings (SSSR count). The van der Waals surface area contributed by atoms with E-state index in [1.807, 2.05) is 36.4 Å². The Morgan fingerprint density at radius 1 is 0.569 bits per heavy atom. The van der Waals surface area contributed by atoms with Crippen LogP contribution < -0.4 is 9.80 Å². The molecule has 0 spiro atoms. The van der Waals surface area contributed by atoms with Crippen LogP contribution >= 0.6 is 0 Å². The fraction of sp³-hybridized carbons (Fsp3) is 0.0426. The van der Waals surface area contributed by atoms with Gasteiger partial charge in [-0.2, -0.15) is 0 Å². The summed E-state index contributed by atoms with van der Waals surface area (Å²) < 4.78 is 6.20. The van der Waals surface area contributed by atoms with Crippen LogP contribution in [0.3, 0.4) is 0 Å².